The molecule has 0 amide bonds. The number of anilines is 1. The van der Waals surface area contributed by atoms with Crippen molar-refractivity contribution in [3.8, 4) is 6.07 Å². The largest absolute Gasteiger partial charge is 0.392 e. The molecule has 2 fully saturated rings. The molecule has 0 radical (unpaired) electrons. The van der Waals surface area contributed by atoms with E-state index in [1.165, 1.54) is 0 Å². The van der Waals surface area contributed by atoms with Crippen LogP contribution in [0.3, 0.4) is 0 Å². The summed E-state index contributed by atoms with van der Waals surface area (Å²) in [6.07, 6.45) is 6.84. The first kappa shape index (κ1) is 12.4. The number of nitriles is 1. The van der Waals surface area contributed by atoms with Gasteiger partial charge in [0.15, 0.2) is 0 Å². The topological polar surface area (TPSA) is 60.2 Å². The first-order chi connectivity index (χ1) is 9.25. The third-order valence-electron chi connectivity index (χ3n) is 4.67. The minimum Gasteiger partial charge on any atom is -0.392 e. The van der Waals surface area contributed by atoms with Gasteiger partial charge in [0, 0.05) is 24.7 Å². The Hall–Kier alpha value is -1.60. The van der Waals surface area contributed by atoms with E-state index in [1.807, 2.05) is 6.07 Å². The van der Waals surface area contributed by atoms with Crippen molar-refractivity contribution in [3.63, 3.8) is 0 Å². The summed E-state index contributed by atoms with van der Waals surface area (Å²) in [6, 6.07) is 5.83. The SMILES string of the molecule is N#Cc1cccnc1N1CCC[C@]2(CCC[C@H]2O)C1. The molecule has 1 aromatic rings. The fraction of sp³-hybridized carbons (Fsp3) is 0.600. The molecule has 1 spiro atoms. The van der Waals surface area contributed by atoms with Crippen LogP contribution in [0.1, 0.15) is 37.7 Å². The Bertz CT molecular complexity index is 510. The lowest BCUT2D eigenvalue weighted by molar-refractivity contribution is 0.0408. The van der Waals surface area contributed by atoms with E-state index in [2.05, 4.69) is 16.0 Å². The highest BCUT2D eigenvalue weighted by molar-refractivity contribution is 5.54. The molecule has 0 unspecified atom stereocenters. The number of piperidine rings is 1. The number of aliphatic hydroxyl groups excluding tert-OH is 1. The van der Waals surface area contributed by atoms with Gasteiger partial charge >= 0.3 is 0 Å². The Balaban J connectivity index is 1.88. The fourth-order valence-corrected chi connectivity index (χ4v) is 3.67. The summed E-state index contributed by atoms with van der Waals surface area (Å²) < 4.78 is 0. The van der Waals surface area contributed by atoms with Crippen LogP contribution in [0.5, 0.6) is 0 Å². The monoisotopic (exact) mass is 257 g/mol. The summed E-state index contributed by atoms with van der Waals surface area (Å²) in [5, 5.41) is 19.5. The fourth-order valence-electron chi connectivity index (χ4n) is 3.67. The zero-order chi connectivity index (χ0) is 13.3. The normalized spacial score (nSPS) is 30.5. The highest BCUT2D eigenvalue weighted by atomic mass is 16.3. The summed E-state index contributed by atoms with van der Waals surface area (Å²) in [4.78, 5) is 6.57. The van der Waals surface area contributed by atoms with Gasteiger partial charge in [-0.25, -0.2) is 4.98 Å². The highest BCUT2D eigenvalue weighted by Gasteiger charge is 2.45. The maximum atomic E-state index is 10.3. The molecule has 1 aromatic heterocycles. The summed E-state index contributed by atoms with van der Waals surface area (Å²) in [5.74, 6) is 0.781. The summed E-state index contributed by atoms with van der Waals surface area (Å²) in [6.45, 7) is 1.76. The van der Waals surface area contributed by atoms with E-state index >= 15 is 0 Å². The summed E-state index contributed by atoms with van der Waals surface area (Å²) in [7, 11) is 0. The molecular formula is C15H19N3O. The second kappa shape index (κ2) is 4.82. The highest BCUT2D eigenvalue weighted by Crippen LogP contribution is 2.45. The Morgan fingerprint density at radius 3 is 3.00 bits per heavy atom. The van der Waals surface area contributed by atoms with Gasteiger partial charge in [-0.3, -0.25) is 0 Å². The Labute approximate surface area is 113 Å². The average molecular weight is 257 g/mol. The zero-order valence-electron chi connectivity index (χ0n) is 11.0. The molecule has 1 aliphatic carbocycles. The number of aromatic nitrogens is 1. The van der Waals surface area contributed by atoms with Crippen LogP contribution in [-0.4, -0.2) is 29.3 Å². The minimum absolute atomic E-state index is 0.0303. The number of aliphatic hydroxyl groups is 1. The van der Waals surface area contributed by atoms with Crippen LogP contribution in [0.25, 0.3) is 0 Å². The van der Waals surface area contributed by atoms with Gasteiger partial charge in [0.1, 0.15) is 11.9 Å². The lowest BCUT2D eigenvalue weighted by Gasteiger charge is -2.43. The first-order valence-electron chi connectivity index (χ1n) is 7.03. The van der Waals surface area contributed by atoms with Crippen molar-refractivity contribution in [1.82, 2.24) is 4.98 Å². The maximum absolute atomic E-state index is 10.3. The molecule has 100 valence electrons. The Kier molecular flexibility index (Phi) is 3.16. The van der Waals surface area contributed by atoms with Gasteiger partial charge in [0.05, 0.1) is 11.7 Å². The lowest BCUT2D eigenvalue weighted by Crippen LogP contribution is -2.47. The molecular weight excluding hydrogens is 238 g/mol. The molecule has 1 saturated carbocycles. The predicted octanol–water partition coefficient (Wildman–Crippen LogP) is 2.08. The van der Waals surface area contributed by atoms with Crippen molar-refractivity contribution >= 4 is 5.82 Å². The van der Waals surface area contributed by atoms with Gasteiger partial charge < -0.3 is 10.0 Å². The van der Waals surface area contributed by atoms with E-state index in [0.717, 1.165) is 51.0 Å². The molecule has 4 nitrogen and oxygen atoms in total. The van der Waals surface area contributed by atoms with Gasteiger partial charge in [-0.2, -0.15) is 5.26 Å². The average Bonchev–Trinajstić information content (AvgIpc) is 2.79. The number of nitrogens with zero attached hydrogens (tertiary/aromatic N) is 3. The van der Waals surface area contributed by atoms with Gasteiger partial charge in [0.25, 0.3) is 0 Å². The van der Waals surface area contributed by atoms with Gasteiger partial charge in [-0.15, -0.1) is 0 Å². The molecule has 19 heavy (non-hydrogen) atoms. The summed E-state index contributed by atoms with van der Waals surface area (Å²) in [5.41, 5.74) is 0.662. The Morgan fingerprint density at radius 2 is 2.26 bits per heavy atom. The van der Waals surface area contributed by atoms with Gasteiger partial charge in [-0.1, -0.05) is 6.42 Å². The van der Waals surface area contributed by atoms with E-state index in [1.54, 1.807) is 12.3 Å². The predicted molar refractivity (Wildman–Crippen MR) is 72.7 cm³/mol. The molecule has 4 heteroatoms. The zero-order valence-corrected chi connectivity index (χ0v) is 11.0. The van der Waals surface area contributed by atoms with Crippen molar-refractivity contribution in [2.24, 2.45) is 5.41 Å². The minimum atomic E-state index is -0.190. The standard InChI is InChI=1S/C15H19N3O/c16-10-12-4-2-8-17-14(12)18-9-3-7-15(11-18)6-1-5-13(15)19/h2,4,8,13,19H,1,3,5-7,9,11H2/t13-,15-/m1/s1. The molecule has 1 N–H and O–H groups in total. The molecule has 1 saturated heterocycles. The molecule has 2 atom stereocenters. The second-order valence-electron chi connectivity index (χ2n) is 5.78. The molecule has 3 rings (SSSR count). The second-order valence-corrected chi connectivity index (χ2v) is 5.78. The molecule has 1 aliphatic heterocycles. The summed E-state index contributed by atoms with van der Waals surface area (Å²) >= 11 is 0. The van der Waals surface area contributed by atoms with Crippen LogP contribution in [-0.2, 0) is 0 Å². The van der Waals surface area contributed by atoms with E-state index < -0.39 is 0 Å². The number of hydrogen-bond donors (Lipinski definition) is 1. The maximum Gasteiger partial charge on any atom is 0.146 e. The molecule has 0 aromatic carbocycles. The smallest absolute Gasteiger partial charge is 0.146 e. The quantitative estimate of drug-likeness (QED) is 0.836. The van der Waals surface area contributed by atoms with Gasteiger partial charge in [-0.05, 0) is 37.8 Å². The van der Waals surface area contributed by atoms with E-state index in [9.17, 15) is 10.4 Å². The number of hydrogen-bond acceptors (Lipinski definition) is 4. The van der Waals surface area contributed by atoms with E-state index in [0.29, 0.717) is 5.56 Å². The van der Waals surface area contributed by atoms with Crippen LogP contribution in [0.4, 0.5) is 5.82 Å². The van der Waals surface area contributed by atoms with Gasteiger partial charge in [0.2, 0.25) is 0 Å². The van der Waals surface area contributed by atoms with Crippen LogP contribution < -0.4 is 4.90 Å². The van der Waals surface area contributed by atoms with Crippen molar-refractivity contribution in [3.05, 3.63) is 23.9 Å². The lowest BCUT2D eigenvalue weighted by atomic mass is 9.76. The number of pyridine rings is 1. The third kappa shape index (κ3) is 2.08. The van der Waals surface area contributed by atoms with E-state index in [4.69, 9.17) is 0 Å². The molecule has 2 aliphatic rings. The first-order valence-corrected chi connectivity index (χ1v) is 7.03. The molecule has 0 bridgehead atoms. The van der Waals surface area contributed by atoms with Crippen LogP contribution in [0.2, 0.25) is 0 Å². The van der Waals surface area contributed by atoms with Crippen molar-refractivity contribution in [2.45, 2.75) is 38.2 Å². The Morgan fingerprint density at radius 1 is 1.42 bits per heavy atom. The van der Waals surface area contributed by atoms with Crippen molar-refractivity contribution in [2.75, 3.05) is 18.0 Å². The van der Waals surface area contributed by atoms with E-state index in [-0.39, 0.29) is 11.5 Å². The van der Waals surface area contributed by atoms with Crippen molar-refractivity contribution in [1.29, 1.82) is 5.26 Å². The van der Waals surface area contributed by atoms with Crippen molar-refractivity contribution < 1.29 is 5.11 Å². The number of rotatable bonds is 1. The van der Waals surface area contributed by atoms with Crippen LogP contribution in [0, 0.1) is 16.7 Å². The van der Waals surface area contributed by atoms with Crippen LogP contribution >= 0.6 is 0 Å². The van der Waals surface area contributed by atoms with Crippen LogP contribution in [0.15, 0.2) is 18.3 Å². The third-order valence-corrected chi connectivity index (χ3v) is 4.67. The molecule has 2 heterocycles.